The van der Waals surface area contributed by atoms with Gasteiger partial charge in [-0.2, -0.15) is 0 Å². The van der Waals surface area contributed by atoms with Crippen molar-refractivity contribution in [3.8, 4) is 0 Å². The molecule has 0 amide bonds. The Morgan fingerprint density at radius 3 is 2.12 bits per heavy atom. The zero-order valence-corrected chi connectivity index (χ0v) is 10.0. The van der Waals surface area contributed by atoms with Gasteiger partial charge < -0.3 is 5.11 Å². The smallest absolute Gasteiger partial charge is 0.248 e. The second kappa shape index (κ2) is 4.00. The van der Waals surface area contributed by atoms with E-state index in [1.54, 1.807) is 0 Å². The van der Waals surface area contributed by atoms with Crippen LogP contribution in [-0.4, -0.2) is 21.0 Å². The molecule has 0 bridgehead atoms. The largest absolute Gasteiger partial charge is 0.382 e. The highest BCUT2D eigenvalue weighted by Crippen LogP contribution is 2.42. The van der Waals surface area contributed by atoms with Gasteiger partial charge in [-0.15, -0.1) is 0 Å². The van der Waals surface area contributed by atoms with Crippen molar-refractivity contribution >= 4 is 15.9 Å². The first-order valence-corrected chi connectivity index (χ1v) is 5.79. The Hall–Kier alpha value is -0.620. The standard InChI is InChI=1S/C10H11BrF2N2O/c11-7-5-14-8(15-6-7)9(16)1-3-10(12,13)4-2-9/h5-6,16H,1-4H2. The van der Waals surface area contributed by atoms with E-state index in [2.05, 4.69) is 25.9 Å². The van der Waals surface area contributed by atoms with Crippen molar-refractivity contribution in [1.82, 2.24) is 9.97 Å². The van der Waals surface area contributed by atoms with Gasteiger partial charge in [-0.05, 0) is 28.8 Å². The number of rotatable bonds is 1. The third-order valence-corrected chi connectivity index (χ3v) is 3.25. The highest BCUT2D eigenvalue weighted by atomic mass is 79.9. The first-order valence-electron chi connectivity index (χ1n) is 5.00. The molecule has 1 N–H and O–H groups in total. The predicted octanol–water partition coefficient (Wildman–Crippen LogP) is 2.64. The van der Waals surface area contributed by atoms with Gasteiger partial charge >= 0.3 is 0 Å². The summed E-state index contributed by atoms with van der Waals surface area (Å²) in [6, 6.07) is 0. The van der Waals surface area contributed by atoms with Crippen molar-refractivity contribution in [1.29, 1.82) is 0 Å². The van der Waals surface area contributed by atoms with Crippen molar-refractivity contribution in [2.75, 3.05) is 0 Å². The van der Waals surface area contributed by atoms with Crippen LogP contribution in [0.1, 0.15) is 31.5 Å². The van der Waals surface area contributed by atoms with Crippen LogP contribution in [0.25, 0.3) is 0 Å². The van der Waals surface area contributed by atoms with E-state index in [1.165, 1.54) is 12.4 Å². The molecule has 0 atom stereocenters. The van der Waals surface area contributed by atoms with Crippen molar-refractivity contribution in [3.05, 3.63) is 22.7 Å². The molecule has 1 aromatic heterocycles. The van der Waals surface area contributed by atoms with Crippen LogP contribution >= 0.6 is 15.9 Å². The molecule has 0 radical (unpaired) electrons. The van der Waals surface area contributed by atoms with E-state index in [4.69, 9.17) is 0 Å². The topological polar surface area (TPSA) is 46.0 Å². The SMILES string of the molecule is OC1(c2ncc(Br)cn2)CCC(F)(F)CC1. The summed E-state index contributed by atoms with van der Waals surface area (Å²) in [5.74, 6) is -2.44. The fourth-order valence-electron chi connectivity index (χ4n) is 1.81. The lowest BCUT2D eigenvalue weighted by atomic mass is 9.82. The van der Waals surface area contributed by atoms with E-state index in [1.807, 2.05) is 0 Å². The number of alkyl halides is 2. The molecule has 1 aliphatic rings. The summed E-state index contributed by atoms with van der Waals surface area (Å²) in [5, 5.41) is 10.2. The van der Waals surface area contributed by atoms with Gasteiger partial charge in [0, 0.05) is 25.2 Å². The zero-order valence-electron chi connectivity index (χ0n) is 8.46. The molecule has 6 heteroatoms. The Bertz CT molecular complexity index is 373. The van der Waals surface area contributed by atoms with Gasteiger partial charge in [-0.25, -0.2) is 18.7 Å². The molecule has 0 unspecified atom stereocenters. The average molecular weight is 293 g/mol. The second-order valence-electron chi connectivity index (χ2n) is 4.11. The molecule has 3 nitrogen and oxygen atoms in total. The monoisotopic (exact) mass is 292 g/mol. The van der Waals surface area contributed by atoms with Gasteiger partial charge in [0.1, 0.15) is 5.60 Å². The first-order chi connectivity index (χ1) is 7.41. The van der Waals surface area contributed by atoms with Crippen LogP contribution in [0.5, 0.6) is 0 Å². The average Bonchev–Trinajstić information content (AvgIpc) is 2.24. The van der Waals surface area contributed by atoms with Crippen LogP contribution in [0.2, 0.25) is 0 Å². The highest BCUT2D eigenvalue weighted by molar-refractivity contribution is 9.10. The summed E-state index contributed by atoms with van der Waals surface area (Å²) in [7, 11) is 0. The van der Waals surface area contributed by atoms with E-state index < -0.39 is 11.5 Å². The zero-order chi connectivity index (χ0) is 11.8. The number of nitrogens with zero attached hydrogens (tertiary/aromatic N) is 2. The van der Waals surface area contributed by atoms with E-state index in [0.717, 1.165) is 0 Å². The molecule has 0 aliphatic heterocycles. The Labute approximate surface area is 100 Å². The molecule has 1 aromatic rings. The lowest BCUT2D eigenvalue weighted by molar-refractivity contribution is -0.110. The first kappa shape index (κ1) is 11.9. The number of halogens is 3. The number of aliphatic hydroxyl groups is 1. The number of hydrogen-bond acceptors (Lipinski definition) is 3. The van der Waals surface area contributed by atoms with Crippen molar-refractivity contribution < 1.29 is 13.9 Å². The van der Waals surface area contributed by atoms with Gasteiger partial charge in [0.05, 0.1) is 4.47 Å². The number of aromatic nitrogens is 2. The van der Waals surface area contributed by atoms with Gasteiger partial charge in [0.2, 0.25) is 5.92 Å². The molecule has 1 fully saturated rings. The molecular formula is C10H11BrF2N2O. The molecule has 88 valence electrons. The Balaban J connectivity index is 2.18. The van der Waals surface area contributed by atoms with Crippen molar-refractivity contribution in [2.45, 2.75) is 37.2 Å². The molecule has 1 aliphatic carbocycles. The second-order valence-corrected chi connectivity index (χ2v) is 5.03. The van der Waals surface area contributed by atoms with Gasteiger partial charge in [0.15, 0.2) is 5.82 Å². The van der Waals surface area contributed by atoms with Crippen molar-refractivity contribution in [3.63, 3.8) is 0 Å². The lowest BCUT2D eigenvalue weighted by Crippen LogP contribution is -2.37. The maximum absolute atomic E-state index is 13.0. The Morgan fingerprint density at radius 2 is 1.62 bits per heavy atom. The van der Waals surface area contributed by atoms with Crippen molar-refractivity contribution in [2.24, 2.45) is 0 Å². The van der Waals surface area contributed by atoms with Gasteiger partial charge in [0.25, 0.3) is 0 Å². The molecule has 1 heterocycles. The van der Waals surface area contributed by atoms with Crippen LogP contribution in [0, 0.1) is 0 Å². The molecule has 0 aromatic carbocycles. The fourth-order valence-corrected chi connectivity index (χ4v) is 2.01. The van der Waals surface area contributed by atoms with Gasteiger partial charge in [-0.3, -0.25) is 0 Å². The summed E-state index contributed by atoms with van der Waals surface area (Å²) in [5.41, 5.74) is -1.30. The van der Waals surface area contributed by atoms with Crippen LogP contribution in [-0.2, 0) is 5.60 Å². The van der Waals surface area contributed by atoms with Gasteiger partial charge in [-0.1, -0.05) is 0 Å². The van der Waals surface area contributed by atoms with Crippen LogP contribution < -0.4 is 0 Å². The fraction of sp³-hybridized carbons (Fsp3) is 0.600. The molecule has 2 rings (SSSR count). The van der Waals surface area contributed by atoms with Crippen LogP contribution in [0.3, 0.4) is 0 Å². The third kappa shape index (κ3) is 2.38. The maximum atomic E-state index is 13.0. The van der Waals surface area contributed by atoms with E-state index in [-0.39, 0.29) is 31.5 Å². The Morgan fingerprint density at radius 1 is 1.12 bits per heavy atom. The summed E-state index contributed by atoms with van der Waals surface area (Å²) in [4.78, 5) is 7.94. The summed E-state index contributed by atoms with van der Waals surface area (Å²) < 4.78 is 26.6. The minimum Gasteiger partial charge on any atom is -0.382 e. The molecule has 0 saturated heterocycles. The summed E-state index contributed by atoms with van der Waals surface area (Å²) in [6.45, 7) is 0. The third-order valence-electron chi connectivity index (χ3n) is 2.85. The normalized spacial score (nSPS) is 23.0. The molecule has 1 saturated carbocycles. The van der Waals surface area contributed by atoms with Crippen LogP contribution in [0.4, 0.5) is 8.78 Å². The Kier molecular flexibility index (Phi) is 2.96. The molecule has 0 spiro atoms. The van der Waals surface area contributed by atoms with E-state index >= 15 is 0 Å². The maximum Gasteiger partial charge on any atom is 0.248 e. The quantitative estimate of drug-likeness (QED) is 0.865. The number of hydrogen-bond donors (Lipinski definition) is 1. The van der Waals surface area contributed by atoms with E-state index in [9.17, 15) is 13.9 Å². The summed E-state index contributed by atoms with van der Waals surface area (Å²) >= 11 is 3.18. The van der Waals surface area contributed by atoms with Crippen LogP contribution in [0.15, 0.2) is 16.9 Å². The molecule has 16 heavy (non-hydrogen) atoms. The molecular weight excluding hydrogens is 282 g/mol. The highest BCUT2D eigenvalue weighted by Gasteiger charge is 2.44. The summed E-state index contributed by atoms with van der Waals surface area (Å²) in [6.07, 6.45) is 2.38. The predicted molar refractivity (Wildman–Crippen MR) is 57.0 cm³/mol. The van der Waals surface area contributed by atoms with E-state index in [0.29, 0.717) is 4.47 Å². The minimum absolute atomic E-state index is 0.00162. The minimum atomic E-state index is -2.67. The lowest BCUT2D eigenvalue weighted by Gasteiger charge is -2.34.